The molecule has 1 N–H and O–H groups in total. The van der Waals surface area contributed by atoms with Crippen LogP contribution in [0, 0.1) is 11.8 Å². The lowest BCUT2D eigenvalue weighted by atomic mass is 9.78. The van der Waals surface area contributed by atoms with E-state index in [9.17, 15) is 4.79 Å². The van der Waals surface area contributed by atoms with Gasteiger partial charge in [-0.1, -0.05) is 33.1 Å². The van der Waals surface area contributed by atoms with Gasteiger partial charge in [-0.2, -0.15) is 0 Å². The van der Waals surface area contributed by atoms with Gasteiger partial charge in [0.05, 0.1) is 6.54 Å². The fraction of sp³-hybridized carbons (Fsp3) is 0.941. The predicted octanol–water partition coefficient (Wildman–Crippen LogP) is 3.19. The van der Waals surface area contributed by atoms with Crippen LogP contribution in [0.5, 0.6) is 0 Å². The van der Waals surface area contributed by atoms with Gasteiger partial charge in [-0.25, -0.2) is 0 Å². The van der Waals surface area contributed by atoms with E-state index < -0.39 is 0 Å². The molecule has 0 aliphatic heterocycles. The second-order valence-corrected chi connectivity index (χ2v) is 7.29. The average molecular weight is 280 g/mol. The molecule has 0 heterocycles. The molecule has 3 nitrogen and oxygen atoms in total. The molecule has 0 aromatic rings. The highest BCUT2D eigenvalue weighted by atomic mass is 16.2. The summed E-state index contributed by atoms with van der Waals surface area (Å²) < 4.78 is 0. The minimum atomic E-state index is 0.233. The van der Waals surface area contributed by atoms with Crippen molar-refractivity contribution >= 4 is 5.91 Å². The summed E-state index contributed by atoms with van der Waals surface area (Å²) in [6.07, 6.45) is 7.58. The molecule has 2 aliphatic rings. The highest BCUT2D eigenvalue weighted by Crippen LogP contribution is 2.30. The minimum absolute atomic E-state index is 0.233. The Morgan fingerprint density at radius 3 is 2.35 bits per heavy atom. The van der Waals surface area contributed by atoms with Crippen molar-refractivity contribution in [1.82, 2.24) is 10.2 Å². The van der Waals surface area contributed by atoms with E-state index in [-0.39, 0.29) is 5.91 Å². The summed E-state index contributed by atoms with van der Waals surface area (Å²) >= 11 is 0. The molecular formula is C17H32N2O. The van der Waals surface area contributed by atoms with Crippen molar-refractivity contribution in [2.24, 2.45) is 11.8 Å². The fourth-order valence-corrected chi connectivity index (χ4v) is 3.66. The summed E-state index contributed by atoms with van der Waals surface area (Å²) in [6.45, 7) is 9.60. The first-order chi connectivity index (χ1) is 9.49. The van der Waals surface area contributed by atoms with Gasteiger partial charge in [0.1, 0.15) is 0 Å². The molecule has 0 aromatic heterocycles. The fourth-order valence-electron chi connectivity index (χ4n) is 3.66. The first-order valence-electron chi connectivity index (χ1n) is 8.54. The monoisotopic (exact) mass is 280 g/mol. The van der Waals surface area contributed by atoms with Gasteiger partial charge in [0.15, 0.2) is 0 Å². The highest BCUT2D eigenvalue weighted by molar-refractivity contribution is 5.78. The number of hydrogen-bond donors (Lipinski definition) is 1. The molecule has 0 unspecified atom stereocenters. The van der Waals surface area contributed by atoms with Gasteiger partial charge in [-0.3, -0.25) is 9.69 Å². The quantitative estimate of drug-likeness (QED) is 0.839. The molecule has 2 fully saturated rings. The minimum Gasteiger partial charge on any atom is -0.352 e. The van der Waals surface area contributed by atoms with Crippen molar-refractivity contribution in [2.45, 2.75) is 84.3 Å². The van der Waals surface area contributed by atoms with Gasteiger partial charge in [-0.05, 0) is 44.9 Å². The molecule has 2 rings (SSSR count). The second-order valence-electron chi connectivity index (χ2n) is 7.29. The lowest BCUT2D eigenvalue weighted by molar-refractivity contribution is -0.125. The molecule has 0 radical (unpaired) electrons. The number of nitrogens with one attached hydrogen (secondary N) is 1. The van der Waals surface area contributed by atoms with E-state index in [0.717, 1.165) is 12.3 Å². The van der Waals surface area contributed by atoms with E-state index in [0.29, 0.717) is 30.6 Å². The van der Waals surface area contributed by atoms with Crippen molar-refractivity contribution in [3.05, 3.63) is 0 Å². The third-order valence-corrected chi connectivity index (χ3v) is 5.59. The number of amides is 1. The van der Waals surface area contributed by atoms with Gasteiger partial charge >= 0.3 is 0 Å². The van der Waals surface area contributed by atoms with Gasteiger partial charge in [0.25, 0.3) is 0 Å². The number of nitrogens with zero attached hydrogens (tertiary/aromatic N) is 1. The maximum Gasteiger partial charge on any atom is 0.234 e. The van der Waals surface area contributed by atoms with Crippen molar-refractivity contribution in [3.8, 4) is 0 Å². The molecule has 20 heavy (non-hydrogen) atoms. The van der Waals surface area contributed by atoms with Crippen molar-refractivity contribution in [3.63, 3.8) is 0 Å². The van der Waals surface area contributed by atoms with Crippen LogP contribution in [0.4, 0.5) is 0 Å². The van der Waals surface area contributed by atoms with Gasteiger partial charge in [-0.15, -0.1) is 0 Å². The molecule has 1 amide bonds. The summed E-state index contributed by atoms with van der Waals surface area (Å²) in [7, 11) is 0. The number of hydrogen-bond acceptors (Lipinski definition) is 2. The third kappa shape index (κ3) is 3.75. The van der Waals surface area contributed by atoms with Crippen LogP contribution in [-0.2, 0) is 4.79 Å². The largest absolute Gasteiger partial charge is 0.352 e. The molecule has 2 aliphatic carbocycles. The Balaban J connectivity index is 1.84. The molecule has 0 saturated heterocycles. The van der Waals surface area contributed by atoms with Crippen molar-refractivity contribution in [1.29, 1.82) is 0 Å². The Labute approximate surface area is 124 Å². The third-order valence-electron chi connectivity index (χ3n) is 5.59. The van der Waals surface area contributed by atoms with E-state index in [4.69, 9.17) is 0 Å². The summed E-state index contributed by atoms with van der Waals surface area (Å²) in [4.78, 5) is 14.8. The lowest BCUT2D eigenvalue weighted by Gasteiger charge is -2.40. The van der Waals surface area contributed by atoms with Crippen LogP contribution in [0.25, 0.3) is 0 Å². The zero-order valence-electron chi connectivity index (χ0n) is 13.7. The molecule has 2 saturated carbocycles. The highest BCUT2D eigenvalue weighted by Gasteiger charge is 2.31. The van der Waals surface area contributed by atoms with Crippen molar-refractivity contribution < 1.29 is 4.79 Å². The van der Waals surface area contributed by atoms with Crippen LogP contribution >= 0.6 is 0 Å². The molecule has 3 atom stereocenters. The lowest BCUT2D eigenvalue weighted by Crippen LogP contribution is -2.52. The smallest absolute Gasteiger partial charge is 0.234 e. The Hall–Kier alpha value is -0.570. The molecule has 0 bridgehead atoms. The van der Waals surface area contributed by atoms with Gasteiger partial charge < -0.3 is 5.32 Å². The Morgan fingerprint density at radius 1 is 1.15 bits per heavy atom. The van der Waals surface area contributed by atoms with Crippen molar-refractivity contribution in [2.75, 3.05) is 6.54 Å². The van der Waals surface area contributed by atoms with Crippen LogP contribution in [0.2, 0.25) is 0 Å². The first-order valence-corrected chi connectivity index (χ1v) is 8.54. The molecule has 0 spiro atoms. The molecule has 3 heteroatoms. The summed E-state index contributed by atoms with van der Waals surface area (Å²) in [5, 5.41) is 3.31. The Bertz CT molecular complexity index is 325. The van der Waals surface area contributed by atoms with Crippen LogP contribution < -0.4 is 5.32 Å². The Kier molecular flexibility index (Phi) is 5.48. The number of carbonyl (C=O) groups excluding carboxylic acids is 1. The Morgan fingerprint density at radius 2 is 1.80 bits per heavy atom. The maximum absolute atomic E-state index is 12.4. The standard InChI is InChI=1S/C17H32N2O/c1-12(2)19(15-8-6-9-15)11-17(20)18-16-10-5-7-13(3)14(16)4/h12-16H,5-11H2,1-4H3,(H,18,20)/t13-,14-,16-/m1/s1. The SMILES string of the molecule is CC(C)N(CC(=O)N[C@@H]1CCC[C@@H](C)[C@H]1C)C1CCC1. The second kappa shape index (κ2) is 6.93. The van der Waals surface area contributed by atoms with E-state index >= 15 is 0 Å². The van der Waals surface area contributed by atoms with Crippen LogP contribution in [0.3, 0.4) is 0 Å². The summed E-state index contributed by atoms with van der Waals surface area (Å²) in [5.74, 6) is 1.59. The molecular weight excluding hydrogens is 248 g/mol. The maximum atomic E-state index is 12.4. The van der Waals surface area contributed by atoms with Gasteiger partial charge in [0, 0.05) is 18.1 Å². The molecule has 116 valence electrons. The number of rotatable bonds is 5. The normalized spacial score (nSPS) is 31.4. The van der Waals surface area contributed by atoms with E-state index in [1.54, 1.807) is 0 Å². The van der Waals surface area contributed by atoms with E-state index in [1.807, 2.05) is 0 Å². The summed E-state index contributed by atoms with van der Waals surface area (Å²) in [5.41, 5.74) is 0. The van der Waals surface area contributed by atoms with Gasteiger partial charge in [0.2, 0.25) is 5.91 Å². The topological polar surface area (TPSA) is 32.3 Å². The van der Waals surface area contributed by atoms with Crippen LogP contribution in [0.1, 0.15) is 66.2 Å². The zero-order valence-corrected chi connectivity index (χ0v) is 13.7. The van der Waals surface area contributed by atoms with Crippen LogP contribution in [-0.4, -0.2) is 35.5 Å². The van der Waals surface area contributed by atoms with Crippen LogP contribution in [0.15, 0.2) is 0 Å². The first kappa shape index (κ1) is 15.8. The molecule has 0 aromatic carbocycles. The number of carbonyl (C=O) groups is 1. The summed E-state index contributed by atoms with van der Waals surface area (Å²) in [6, 6.07) is 1.50. The predicted molar refractivity (Wildman–Crippen MR) is 83.6 cm³/mol. The zero-order chi connectivity index (χ0) is 14.7. The average Bonchev–Trinajstić information content (AvgIpc) is 2.32. The van der Waals surface area contributed by atoms with E-state index in [2.05, 4.69) is 37.9 Å². The van der Waals surface area contributed by atoms with E-state index in [1.165, 1.54) is 32.1 Å².